The lowest BCUT2D eigenvalue weighted by atomic mass is 9.90. The smallest absolute Gasteiger partial charge is 0.372 e. The Labute approximate surface area is 129 Å². The summed E-state index contributed by atoms with van der Waals surface area (Å²) in [6.07, 6.45) is 7.71. The van der Waals surface area contributed by atoms with E-state index in [-0.39, 0.29) is 5.76 Å². The molecule has 4 nitrogen and oxygen atoms in total. The Balaban J connectivity index is 1.80. The molecule has 0 aliphatic heterocycles. The van der Waals surface area contributed by atoms with Crippen LogP contribution in [-0.4, -0.2) is 17.7 Å². The van der Waals surface area contributed by atoms with Gasteiger partial charge in [-0.15, -0.1) is 0 Å². The quantitative estimate of drug-likeness (QED) is 0.876. The van der Waals surface area contributed by atoms with Crippen molar-refractivity contribution in [2.75, 3.05) is 6.61 Å². The Morgan fingerprint density at radius 2 is 1.91 bits per heavy atom. The number of carboxylic acid groups (broad SMARTS) is 1. The van der Waals surface area contributed by atoms with Crippen molar-refractivity contribution in [1.29, 1.82) is 0 Å². The predicted octanol–water partition coefficient (Wildman–Crippen LogP) is 4.60. The summed E-state index contributed by atoms with van der Waals surface area (Å²) in [5.74, 6) is 0.206. The third-order valence-electron chi connectivity index (χ3n) is 4.24. The molecule has 0 unspecified atom stereocenters. The molecular weight excluding hydrogens is 280 g/mol. The van der Waals surface area contributed by atoms with Crippen molar-refractivity contribution in [3.8, 4) is 16.9 Å². The number of furan rings is 1. The maximum absolute atomic E-state index is 11.2. The van der Waals surface area contributed by atoms with Crippen LogP contribution in [0.2, 0.25) is 0 Å². The lowest BCUT2D eigenvalue weighted by molar-refractivity contribution is 0.0663. The minimum absolute atomic E-state index is 0.0475. The van der Waals surface area contributed by atoms with Gasteiger partial charge < -0.3 is 14.3 Å². The molecule has 0 saturated heterocycles. The zero-order chi connectivity index (χ0) is 15.4. The second-order valence-electron chi connectivity index (χ2n) is 5.78. The summed E-state index contributed by atoms with van der Waals surface area (Å²) >= 11 is 0. The highest BCUT2D eigenvalue weighted by molar-refractivity contribution is 5.94. The highest BCUT2D eigenvalue weighted by atomic mass is 16.5. The van der Waals surface area contributed by atoms with Gasteiger partial charge in [-0.1, -0.05) is 37.5 Å². The molecule has 116 valence electrons. The number of carboxylic acids is 1. The second-order valence-corrected chi connectivity index (χ2v) is 5.78. The molecule has 1 heterocycles. The van der Waals surface area contributed by atoms with Gasteiger partial charge in [0.05, 0.1) is 12.9 Å². The van der Waals surface area contributed by atoms with Gasteiger partial charge in [0.1, 0.15) is 5.75 Å². The van der Waals surface area contributed by atoms with E-state index in [1.807, 2.05) is 24.3 Å². The van der Waals surface area contributed by atoms with Gasteiger partial charge in [-0.05, 0) is 30.9 Å². The molecule has 3 rings (SSSR count). The molecule has 1 saturated carbocycles. The van der Waals surface area contributed by atoms with Crippen molar-refractivity contribution in [3.63, 3.8) is 0 Å². The standard InChI is InChI=1S/C18H20O4/c19-18(20)17-15(10-11-21-17)14-8-4-5-9-16(14)22-12-13-6-2-1-3-7-13/h4-5,8-11,13H,1-3,6-7,12H2,(H,19,20). The molecule has 0 amide bonds. The summed E-state index contributed by atoms with van der Waals surface area (Å²) in [6.45, 7) is 0.692. The molecule has 0 radical (unpaired) electrons. The van der Waals surface area contributed by atoms with Gasteiger partial charge in [-0.3, -0.25) is 0 Å². The highest BCUT2D eigenvalue weighted by Gasteiger charge is 2.19. The zero-order valence-electron chi connectivity index (χ0n) is 12.5. The molecule has 22 heavy (non-hydrogen) atoms. The molecule has 2 aromatic rings. The van der Waals surface area contributed by atoms with E-state index in [9.17, 15) is 9.90 Å². The van der Waals surface area contributed by atoms with Crippen molar-refractivity contribution in [2.24, 2.45) is 5.92 Å². The Bertz CT molecular complexity index is 638. The second kappa shape index (κ2) is 6.69. The summed E-state index contributed by atoms with van der Waals surface area (Å²) in [6, 6.07) is 9.21. The maximum Gasteiger partial charge on any atom is 0.372 e. The van der Waals surface area contributed by atoms with Crippen molar-refractivity contribution >= 4 is 5.97 Å². The third-order valence-corrected chi connectivity index (χ3v) is 4.24. The number of aromatic carboxylic acids is 1. The highest BCUT2D eigenvalue weighted by Crippen LogP contribution is 2.34. The van der Waals surface area contributed by atoms with Gasteiger partial charge in [0.25, 0.3) is 0 Å². The Morgan fingerprint density at radius 1 is 1.14 bits per heavy atom. The summed E-state index contributed by atoms with van der Waals surface area (Å²) < 4.78 is 11.1. The first kappa shape index (κ1) is 14.7. The lowest BCUT2D eigenvalue weighted by Crippen LogP contribution is -2.15. The molecule has 1 aliphatic carbocycles. The minimum atomic E-state index is -1.07. The van der Waals surface area contributed by atoms with E-state index in [4.69, 9.17) is 9.15 Å². The summed E-state index contributed by atoms with van der Waals surface area (Å²) in [4.78, 5) is 11.2. The average Bonchev–Trinajstić information content (AvgIpc) is 3.04. The number of para-hydroxylation sites is 1. The fraction of sp³-hybridized carbons (Fsp3) is 0.389. The van der Waals surface area contributed by atoms with Crippen LogP contribution in [0.3, 0.4) is 0 Å². The van der Waals surface area contributed by atoms with E-state index in [0.717, 1.165) is 11.3 Å². The van der Waals surface area contributed by atoms with Crippen LogP contribution in [0.25, 0.3) is 11.1 Å². The summed E-state index contributed by atoms with van der Waals surface area (Å²) in [7, 11) is 0. The fourth-order valence-electron chi connectivity index (χ4n) is 3.06. The van der Waals surface area contributed by atoms with Crippen LogP contribution < -0.4 is 4.74 Å². The normalized spacial score (nSPS) is 15.6. The van der Waals surface area contributed by atoms with Crippen molar-refractivity contribution in [3.05, 3.63) is 42.4 Å². The van der Waals surface area contributed by atoms with Crippen LogP contribution in [0.5, 0.6) is 5.75 Å². The fourth-order valence-corrected chi connectivity index (χ4v) is 3.06. The van der Waals surface area contributed by atoms with E-state index in [1.54, 1.807) is 6.07 Å². The van der Waals surface area contributed by atoms with Crippen LogP contribution in [0.1, 0.15) is 42.7 Å². The summed E-state index contributed by atoms with van der Waals surface area (Å²) in [5, 5.41) is 9.21. The molecule has 1 N–H and O–H groups in total. The van der Waals surface area contributed by atoms with Crippen molar-refractivity contribution in [1.82, 2.24) is 0 Å². The van der Waals surface area contributed by atoms with Gasteiger partial charge in [-0.2, -0.15) is 0 Å². The molecule has 1 aliphatic rings. The molecule has 1 aromatic carbocycles. The van der Waals surface area contributed by atoms with E-state index >= 15 is 0 Å². The Hall–Kier alpha value is -2.23. The predicted molar refractivity (Wildman–Crippen MR) is 83.2 cm³/mol. The Kier molecular flexibility index (Phi) is 4.47. The summed E-state index contributed by atoms with van der Waals surface area (Å²) in [5.41, 5.74) is 1.33. The van der Waals surface area contributed by atoms with E-state index < -0.39 is 5.97 Å². The van der Waals surface area contributed by atoms with Gasteiger partial charge in [0.2, 0.25) is 5.76 Å². The average molecular weight is 300 g/mol. The monoisotopic (exact) mass is 300 g/mol. The van der Waals surface area contributed by atoms with E-state index in [1.165, 1.54) is 38.4 Å². The Morgan fingerprint density at radius 3 is 2.68 bits per heavy atom. The van der Waals surface area contributed by atoms with Gasteiger partial charge >= 0.3 is 5.97 Å². The number of hydrogen-bond donors (Lipinski definition) is 1. The van der Waals surface area contributed by atoms with Gasteiger partial charge in [0.15, 0.2) is 0 Å². The lowest BCUT2D eigenvalue weighted by Gasteiger charge is -2.22. The topological polar surface area (TPSA) is 59.7 Å². The van der Waals surface area contributed by atoms with Crippen LogP contribution in [-0.2, 0) is 0 Å². The number of carbonyl (C=O) groups is 1. The molecular formula is C18H20O4. The number of benzene rings is 1. The molecule has 4 heteroatoms. The van der Waals surface area contributed by atoms with Gasteiger partial charge in [-0.25, -0.2) is 4.79 Å². The van der Waals surface area contributed by atoms with Crippen LogP contribution in [0, 0.1) is 5.92 Å². The van der Waals surface area contributed by atoms with Crippen LogP contribution >= 0.6 is 0 Å². The number of hydrogen-bond acceptors (Lipinski definition) is 3. The SMILES string of the molecule is O=C(O)c1occc1-c1ccccc1OCC1CCCCC1. The molecule has 0 atom stereocenters. The zero-order valence-corrected chi connectivity index (χ0v) is 12.5. The first-order valence-electron chi connectivity index (χ1n) is 7.78. The number of ether oxygens (including phenoxy) is 1. The van der Waals surface area contributed by atoms with Gasteiger partial charge in [0, 0.05) is 11.1 Å². The van der Waals surface area contributed by atoms with E-state index in [2.05, 4.69) is 0 Å². The van der Waals surface area contributed by atoms with Crippen LogP contribution in [0.4, 0.5) is 0 Å². The largest absolute Gasteiger partial charge is 0.493 e. The minimum Gasteiger partial charge on any atom is -0.493 e. The third kappa shape index (κ3) is 3.16. The van der Waals surface area contributed by atoms with Crippen LogP contribution in [0.15, 0.2) is 41.0 Å². The van der Waals surface area contributed by atoms with Crippen molar-refractivity contribution in [2.45, 2.75) is 32.1 Å². The molecule has 1 fully saturated rings. The first-order valence-corrected chi connectivity index (χ1v) is 7.78. The molecule has 1 aromatic heterocycles. The van der Waals surface area contributed by atoms with E-state index in [0.29, 0.717) is 18.1 Å². The number of rotatable bonds is 5. The molecule has 0 spiro atoms. The first-order chi connectivity index (χ1) is 10.8. The maximum atomic E-state index is 11.2. The van der Waals surface area contributed by atoms with Crippen molar-refractivity contribution < 1.29 is 19.1 Å². The molecule has 0 bridgehead atoms.